The quantitative estimate of drug-likeness (QED) is 0.699. The van der Waals surface area contributed by atoms with Crippen molar-refractivity contribution in [1.29, 1.82) is 0 Å². The van der Waals surface area contributed by atoms with Gasteiger partial charge in [-0.15, -0.1) is 0 Å². The van der Waals surface area contributed by atoms with E-state index in [1.54, 1.807) is 24.3 Å². The van der Waals surface area contributed by atoms with Gasteiger partial charge >= 0.3 is 0 Å². The molecule has 0 spiro atoms. The van der Waals surface area contributed by atoms with Crippen LogP contribution in [0, 0.1) is 22.3 Å². The standard InChI is InChI=1S/C19H19IN2O2/c1-11-3-6-15(10-17(11)20)22-18(23)13-4-7-14(8-5-13)21-19(24)16-9-12(16)2/h3-8,10,12,16H,9H2,1-2H3,(H,21,24)(H,22,23). The fraction of sp³-hybridized carbons (Fsp3) is 0.263. The summed E-state index contributed by atoms with van der Waals surface area (Å²) >= 11 is 2.25. The number of amides is 2. The van der Waals surface area contributed by atoms with Crippen molar-refractivity contribution in [1.82, 2.24) is 0 Å². The first-order valence-corrected chi connectivity index (χ1v) is 9.00. The van der Waals surface area contributed by atoms with Crippen molar-refractivity contribution in [3.05, 3.63) is 57.2 Å². The Balaban J connectivity index is 1.63. The number of benzene rings is 2. The molecule has 5 heteroatoms. The van der Waals surface area contributed by atoms with E-state index in [1.807, 2.05) is 25.1 Å². The fourth-order valence-corrected chi connectivity index (χ4v) is 3.02. The van der Waals surface area contributed by atoms with Gasteiger partial charge in [0.1, 0.15) is 0 Å². The van der Waals surface area contributed by atoms with Crippen molar-refractivity contribution >= 4 is 45.8 Å². The zero-order chi connectivity index (χ0) is 17.3. The second kappa shape index (κ2) is 6.93. The van der Waals surface area contributed by atoms with Crippen LogP contribution in [-0.4, -0.2) is 11.8 Å². The lowest BCUT2D eigenvalue weighted by Gasteiger charge is -2.08. The molecule has 4 nitrogen and oxygen atoms in total. The molecule has 1 fully saturated rings. The Morgan fingerprint density at radius 2 is 1.67 bits per heavy atom. The van der Waals surface area contributed by atoms with Crippen molar-refractivity contribution in [2.24, 2.45) is 11.8 Å². The third kappa shape index (κ3) is 3.95. The molecule has 2 amide bonds. The number of rotatable bonds is 4. The molecular weight excluding hydrogens is 415 g/mol. The minimum Gasteiger partial charge on any atom is -0.326 e. The average molecular weight is 434 g/mol. The summed E-state index contributed by atoms with van der Waals surface area (Å²) in [7, 11) is 0. The number of halogens is 1. The van der Waals surface area contributed by atoms with Crippen LogP contribution in [0.25, 0.3) is 0 Å². The van der Waals surface area contributed by atoms with Crippen LogP contribution in [0.5, 0.6) is 0 Å². The molecule has 124 valence electrons. The van der Waals surface area contributed by atoms with Crippen LogP contribution in [0.15, 0.2) is 42.5 Å². The van der Waals surface area contributed by atoms with Crippen molar-refractivity contribution in [3.63, 3.8) is 0 Å². The monoisotopic (exact) mass is 434 g/mol. The van der Waals surface area contributed by atoms with Crippen LogP contribution in [0.3, 0.4) is 0 Å². The topological polar surface area (TPSA) is 58.2 Å². The minimum absolute atomic E-state index is 0.0638. The summed E-state index contributed by atoms with van der Waals surface area (Å²) in [5, 5.41) is 5.78. The molecule has 1 aliphatic rings. The van der Waals surface area contributed by atoms with E-state index in [0.29, 0.717) is 11.5 Å². The van der Waals surface area contributed by atoms with Crippen molar-refractivity contribution < 1.29 is 9.59 Å². The summed E-state index contributed by atoms with van der Waals surface area (Å²) in [6.45, 7) is 4.10. The minimum atomic E-state index is -0.164. The van der Waals surface area contributed by atoms with Gasteiger partial charge < -0.3 is 10.6 Å². The van der Waals surface area contributed by atoms with Crippen LogP contribution in [-0.2, 0) is 4.79 Å². The van der Waals surface area contributed by atoms with Crippen LogP contribution in [0.4, 0.5) is 11.4 Å². The Hall–Kier alpha value is -1.89. The number of hydrogen-bond acceptors (Lipinski definition) is 2. The number of hydrogen-bond donors (Lipinski definition) is 2. The molecule has 2 aromatic carbocycles. The van der Waals surface area contributed by atoms with E-state index in [1.165, 1.54) is 5.56 Å². The second-order valence-electron chi connectivity index (χ2n) is 6.30. The van der Waals surface area contributed by atoms with Gasteiger partial charge in [-0.2, -0.15) is 0 Å². The van der Waals surface area contributed by atoms with E-state index in [2.05, 4.69) is 40.1 Å². The Labute approximate surface area is 155 Å². The Morgan fingerprint density at radius 1 is 1.04 bits per heavy atom. The lowest BCUT2D eigenvalue weighted by atomic mass is 10.1. The highest BCUT2D eigenvalue weighted by Gasteiger charge is 2.39. The molecule has 0 saturated heterocycles. The van der Waals surface area contributed by atoms with Crippen molar-refractivity contribution in [2.45, 2.75) is 20.3 Å². The molecule has 24 heavy (non-hydrogen) atoms. The molecule has 3 rings (SSSR count). The second-order valence-corrected chi connectivity index (χ2v) is 7.47. The van der Waals surface area contributed by atoms with Gasteiger partial charge in [-0.3, -0.25) is 9.59 Å². The van der Waals surface area contributed by atoms with Gasteiger partial charge in [-0.1, -0.05) is 13.0 Å². The molecule has 1 aliphatic carbocycles. The SMILES string of the molecule is Cc1ccc(NC(=O)c2ccc(NC(=O)C3CC3C)cc2)cc1I. The molecule has 0 bridgehead atoms. The van der Waals surface area contributed by atoms with Crippen LogP contribution >= 0.6 is 22.6 Å². The Kier molecular flexibility index (Phi) is 4.89. The van der Waals surface area contributed by atoms with E-state index < -0.39 is 0 Å². The predicted molar refractivity (Wildman–Crippen MR) is 104 cm³/mol. The number of aryl methyl sites for hydroxylation is 1. The summed E-state index contributed by atoms with van der Waals surface area (Å²) in [5.74, 6) is 0.515. The average Bonchev–Trinajstić information content (AvgIpc) is 3.29. The fourth-order valence-electron chi connectivity index (χ4n) is 2.50. The van der Waals surface area contributed by atoms with Crippen LogP contribution < -0.4 is 10.6 Å². The Morgan fingerprint density at radius 3 is 2.25 bits per heavy atom. The highest BCUT2D eigenvalue weighted by atomic mass is 127. The maximum atomic E-state index is 12.3. The van der Waals surface area contributed by atoms with Crippen molar-refractivity contribution in [2.75, 3.05) is 10.6 Å². The third-order valence-corrected chi connectivity index (χ3v) is 5.45. The number of nitrogens with one attached hydrogen (secondary N) is 2. The first kappa shape index (κ1) is 17.0. The van der Waals surface area contributed by atoms with E-state index in [9.17, 15) is 9.59 Å². The van der Waals surface area contributed by atoms with Crippen molar-refractivity contribution in [3.8, 4) is 0 Å². The largest absolute Gasteiger partial charge is 0.326 e. The maximum Gasteiger partial charge on any atom is 0.255 e. The molecule has 2 aromatic rings. The smallest absolute Gasteiger partial charge is 0.255 e. The van der Waals surface area contributed by atoms with E-state index in [0.717, 1.165) is 21.4 Å². The highest BCUT2D eigenvalue weighted by molar-refractivity contribution is 14.1. The molecule has 2 atom stereocenters. The highest BCUT2D eigenvalue weighted by Crippen LogP contribution is 2.38. The third-order valence-electron chi connectivity index (χ3n) is 4.29. The van der Waals surface area contributed by atoms with Gasteiger partial charge in [0.15, 0.2) is 0 Å². The van der Waals surface area contributed by atoms with Gasteiger partial charge in [-0.25, -0.2) is 0 Å². The van der Waals surface area contributed by atoms with Gasteiger partial charge in [0.25, 0.3) is 5.91 Å². The summed E-state index contributed by atoms with van der Waals surface area (Å²) < 4.78 is 1.11. The predicted octanol–water partition coefficient (Wildman–Crippen LogP) is 4.45. The zero-order valence-electron chi connectivity index (χ0n) is 13.6. The number of carbonyl (C=O) groups excluding carboxylic acids is 2. The molecule has 0 heterocycles. The van der Waals surface area contributed by atoms with Gasteiger partial charge in [0.2, 0.25) is 5.91 Å². The number of anilines is 2. The lowest BCUT2D eigenvalue weighted by Crippen LogP contribution is -2.15. The first-order valence-electron chi connectivity index (χ1n) is 7.92. The van der Waals surface area contributed by atoms with Crippen LogP contribution in [0.2, 0.25) is 0 Å². The summed E-state index contributed by atoms with van der Waals surface area (Å²) in [4.78, 5) is 24.2. The van der Waals surface area contributed by atoms with Crippen LogP contribution in [0.1, 0.15) is 29.3 Å². The van der Waals surface area contributed by atoms with Gasteiger partial charge in [-0.05, 0) is 83.8 Å². The lowest BCUT2D eigenvalue weighted by molar-refractivity contribution is -0.117. The van der Waals surface area contributed by atoms with Gasteiger partial charge in [0, 0.05) is 26.4 Å². The maximum absolute atomic E-state index is 12.3. The van der Waals surface area contributed by atoms with Gasteiger partial charge in [0.05, 0.1) is 0 Å². The molecule has 2 N–H and O–H groups in total. The molecule has 2 unspecified atom stereocenters. The Bertz CT molecular complexity index is 786. The molecule has 0 aromatic heterocycles. The summed E-state index contributed by atoms with van der Waals surface area (Å²) in [6.07, 6.45) is 0.960. The summed E-state index contributed by atoms with van der Waals surface area (Å²) in [5.41, 5.74) is 3.23. The molecule has 0 aliphatic heterocycles. The zero-order valence-corrected chi connectivity index (χ0v) is 15.8. The molecule has 1 saturated carbocycles. The molecule has 0 radical (unpaired) electrons. The summed E-state index contributed by atoms with van der Waals surface area (Å²) in [6, 6.07) is 12.8. The van der Waals surface area contributed by atoms with E-state index in [4.69, 9.17) is 0 Å². The normalized spacial score (nSPS) is 18.8. The first-order chi connectivity index (χ1) is 11.4. The van der Waals surface area contributed by atoms with E-state index in [-0.39, 0.29) is 17.7 Å². The number of carbonyl (C=O) groups is 2. The van der Waals surface area contributed by atoms with E-state index >= 15 is 0 Å². The molecular formula is C19H19IN2O2.